The van der Waals surface area contributed by atoms with E-state index in [9.17, 15) is 18.8 Å². The molecule has 31 heavy (non-hydrogen) atoms. The van der Waals surface area contributed by atoms with Gasteiger partial charge in [-0.1, -0.05) is 46.0 Å². The fourth-order valence-electron chi connectivity index (χ4n) is 2.48. The maximum Gasteiger partial charge on any atom is 0.329 e. The van der Waals surface area contributed by atoms with Gasteiger partial charge in [-0.25, -0.2) is 9.18 Å². The summed E-state index contributed by atoms with van der Waals surface area (Å²) in [4.78, 5) is 36.7. The standard InChI is InChI=1S/C23H33FN2O4Si/c1-16(27)25-20(15-17-10-12-18(24)13-11-17)21(28)26-19(22(29)30-5)9-8-14-31(6,7)23(2,3)4/h10-13,19-20H,9,15H2,1-7H3,(H,25,27)(H,26,28)/t19-,20+/m0/s1. The number of methoxy groups -OCH3 is 1. The zero-order chi connectivity index (χ0) is 23.8. The molecule has 6 nitrogen and oxygen atoms in total. The third kappa shape index (κ3) is 8.54. The highest BCUT2D eigenvalue weighted by Gasteiger charge is 2.34. The van der Waals surface area contributed by atoms with Gasteiger partial charge in [0.1, 0.15) is 26.0 Å². The van der Waals surface area contributed by atoms with Crippen LogP contribution in [-0.2, 0) is 25.5 Å². The molecule has 2 N–H and O–H groups in total. The number of carbonyl (C=O) groups excluding carboxylic acids is 3. The fourth-order valence-corrected chi connectivity index (χ4v) is 3.40. The molecule has 0 saturated carbocycles. The van der Waals surface area contributed by atoms with Crippen LogP contribution in [0.25, 0.3) is 0 Å². The minimum absolute atomic E-state index is 0.0651. The van der Waals surface area contributed by atoms with E-state index in [1.54, 1.807) is 12.1 Å². The van der Waals surface area contributed by atoms with Crippen molar-refractivity contribution in [3.05, 3.63) is 35.6 Å². The molecule has 0 radical (unpaired) electrons. The number of esters is 1. The molecular weight excluding hydrogens is 415 g/mol. The molecule has 0 unspecified atom stereocenters. The smallest absolute Gasteiger partial charge is 0.329 e. The van der Waals surface area contributed by atoms with Crippen LogP contribution in [0.2, 0.25) is 18.1 Å². The summed E-state index contributed by atoms with van der Waals surface area (Å²) in [5.74, 6) is 1.12. The molecule has 0 bridgehead atoms. The minimum atomic E-state index is -1.87. The molecule has 2 atom stereocenters. The van der Waals surface area contributed by atoms with E-state index in [-0.39, 0.29) is 17.9 Å². The molecule has 8 heteroatoms. The summed E-state index contributed by atoms with van der Waals surface area (Å²) in [5.41, 5.74) is 3.98. The van der Waals surface area contributed by atoms with Gasteiger partial charge in [0.25, 0.3) is 0 Å². The van der Waals surface area contributed by atoms with Gasteiger partial charge in [-0.3, -0.25) is 9.59 Å². The monoisotopic (exact) mass is 448 g/mol. The number of benzene rings is 1. The largest absolute Gasteiger partial charge is 0.467 e. The van der Waals surface area contributed by atoms with Gasteiger partial charge in [-0.05, 0) is 22.7 Å². The topological polar surface area (TPSA) is 84.5 Å². The average molecular weight is 449 g/mol. The van der Waals surface area contributed by atoms with Crippen molar-refractivity contribution in [2.75, 3.05) is 7.11 Å². The van der Waals surface area contributed by atoms with Crippen molar-refractivity contribution >= 4 is 25.9 Å². The second kappa shape index (κ2) is 11.1. The number of hydrogen-bond acceptors (Lipinski definition) is 4. The first-order valence-electron chi connectivity index (χ1n) is 10.2. The van der Waals surface area contributed by atoms with E-state index < -0.39 is 43.8 Å². The molecule has 0 saturated heterocycles. The SMILES string of the molecule is COC(=O)[C@H](CC#C[Si](C)(C)C(C)(C)C)NC(=O)[C@@H](Cc1ccc(F)cc1)NC(C)=O. The first-order chi connectivity index (χ1) is 14.3. The van der Waals surface area contributed by atoms with E-state index in [0.717, 1.165) is 0 Å². The molecule has 1 aromatic rings. The first-order valence-corrected chi connectivity index (χ1v) is 13.2. The lowest BCUT2D eigenvalue weighted by atomic mass is 10.0. The zero-order valence-corrected chi connectivity index (χ0v) is 20.4. The number of ether oxygens (including phenoxy) is 1. The molecule has 2 amide bonds. The molecule has 1 rings (SSSR count). The Morgan fingerprint density at radius 1 is 1.10 bits per heavy atom. The van der Waals surface area contributed by atoms with Crippen molar-refractivity contribution in [1.82, 2.24) is 10.6 Å². The third-order valence-electron chi connectivity index (χ3n) is 5.43. The molecule has 0 fully saturated rings. The number of hydrogen-bond donors (Lipinski definition) is 2. The van der Waals surface area contributed by atoms with Gasteiger partial charge >= 0.3 is 5.97 Å². The molecular formula is C23H33FN2O4Si. The summed E-state index contributed by atoms with van der Waals surface area (Å²) >= 11 is 0. The van der Waals surface area contributed by atoms with E-state index in [4.69, 9.17) is 4.74 Å². The van der Waals surface area contributed by atoms with Gasteiger partial charge in [-0.2, -0.15) is 0 Å². The summed E-state index contributed by atoms with van der Waals surface area (Å²) in [6, 6.07) is 3.76. The molecule has 1 aromatic carbocycles. The average Bonchev–Trinajstić information content (AvgIpc) is 2.66. The molecule has 0 aromatic heterocycles. The predicted molar refractivity (Wildman–Crippen MR) is 121 cm³/mol. The normalized spacial score (nSPS) is 13.3. The second-order valence-corrected chi connectivity index (χ2v) is 14.0. The van der Waals surface area contributed by atoms with Gasteiger partial charge in [0.05, 0.1) is 7.11 Å². The van der Waals surface area contributed by atoms with Crippen LogP contribution in [-0.4, -0.2) is 45.1 Å². The van der Waals surface area contributed by atoms with Gasteiger partial charge in [0, 0.05) is 19.8 Å². The Kier molecular flexibility index (Phi) is 9.44. The highest BCUT2D eigenvalue weighted by atomic mass is 28.3. The Labute approximate surface area is 185 Å². The van der Waals surface area contributed by atoms with Crippen molar-refractivity contribution in [2.45, 2.75) is 70.8 Å². The van der Waals surface area contributed by atoms with E-state index >= 15 is 0 Å². The maximum atomic E-state index is 13.2. The Bertz CT molecular complexity index is 851. The Balaban J connectivity index is 2.99. The molecule has 0 aliphatic rings. The summed E-state index contributed by atoms with van der Waals surface area (Å²) in [6.45, 7) is 12.0. The first kappa shape index (κ1) is 26.4. The van der Waals surface area contributed by atoms with Crippen LogP contribution in [0.3, 0.4) is 0 Å². The number of halogens is 1. The van der Waals surface area contributed by atoms with E-state index in [1.165, 1.54) is 26.2 Å². The van der Waals surface area contributed by atoms with Gasteiger partial charge in [0.15, 0.2) is 0 Å². The van der Waals surface area contributed by atoms with Crippen LogP contribution in [0.1, 0.15) is 39.7 Å². The van der Waals surface area contributed by atoms with E-state index in [0.29, 0.717) is 5.56 Å². The van der Waals surface area contributed by atoms with Gasteiger partial charge in [-0.15, -0.1) is 11.5 Å². The molecule has 0 spiro atoms. The van der Waals surface area contributed by atoms with Crippen molar-refractivity contribution in [3.8, 4) is 11.5 Å². The van der Waals surface area contributed by atoms with Crippen LogP contribution < -0.4 is 10.6 Å². The zero-order valence-electron chi connectivity index (χ0n) is 19.4. The predicted octanol–water partition coefficient (Wildman–Crippen LogP) is 2.97. The maximum absolute atomic E-state index is 13.2. The third-order valence-corrected chi connectivity index (χ3v) is 9.98. The molecule has 0 heterocycles. The van der Waals surface area contributed by atoms with Crippen molar-refractivity contribution in [2.24, 2.45) is 0 Å². The van der Waals surface area contributed by atoms with Gasteiger partial charge in [0.2, 0.25) is 11.8 Å². The van der Waals surface area contributed by atoms with Crippen LogP contribution in [0, 0.1) is 17.3 Å². The minimum Gasteiger partial charge on any atom is -0.467 e. The lowest BCUT2D eigenvalue weighted by Gasteiger charge is -2.31. The van der Waals surface area contributed by atoms with Crippen LogP contribution >= 0.6 is 0 Å². The number of nitrogens with one attached hydrogen (secondary N) is 2. The van der Waals surface area contributed by atoms with Crippen molar-refractivity contribution < 1.29 is 23.5 Å². The Morgan fingerprint density at radius 2 is 1.68 bits per heavy atom. The van der Waals surface area contributed by atoms with Crippen LogP contribution in [0.15, 0.2) is 24.3 Å². The molecule has 170 valence electrons. The van der Waals surface area contributed by atoms with E-state index in [2.05, 4.69) is 56.0 Å². The summed E-state index contributed by atoms with van der Waals surface area (Å²) in [7, 11) is -0.627. The van der Waals surface area contributed by atoms with Crippen LogP contribution in [0.5, 0.6) is 0 Å². The summed E-state index contributed by atoms with van der Waals surface area (Å²) in [6.07, 6.45) is 0.253. The molecule has 0 aliphatic heterocycles. The van der Waals surface area contributed by atoms with Crippen molar-refractivity contribution in [3.63, 3.8) is 0 Å². The summed E-state index contributed by atoms with van der Waals surface area (Å²) < 4.78 is 18.0. The van der Waals surface area contributed by atoms with Crippen molar-refractivity contribution in [1.29, 1.82) is 0 Å². The quantitative estimate of drug-likeness (QED) is 0.382. The second-order valence-electron chi connectivity index (χ2n) is 9.05. The fraction of sp³-hybridized carbons (Fsp3) is 0.522. The highest BCUT2D eigenvalue weighted by molar-refractivity contribution is 6.87. The van der Waals surface area contributed by atoms with Crippen LogP contribution in [0.4, 0.5) is 4.39 Å². The lowest BCUT2D eigenvalue weighted by Crippen LogP contribution is -2.52. The highest BCUT2D eigenvalue weighted by Crippen LogP contribution is 2.35. The lowest BCUT2D eigenvalue weighted by molar-refractivity contribution is -0.145. The number of carbonyl (C=O) groups is 3. The summed E-state index contributed by atoms with van der Waals surface area (Å²) in [5, 5.41) is 5.28. The van der Waals surface area contributed by atoms with E-state index in [1.807, 2.05) is 0 Å². The number of amides is 2. The molecule has 0 aliphatic carbocycles. The Morgan fingerprint density at radius 3 is 2.16 bits per heavy atom. The Hall–Kier alpha value is -2.66. The van der Waals surface area contributed by atoms with Gasteiger partial charge < -0.3 is 15.4 Å². The number of rotatable bonds is 7.